The molecule has 1 fully saturated rings. The van der Waals surface area contributed by atoms with E-state index >= 15 is 0 Å². The van der Waals surface area contributed by atoms with E-state index < -0.39 is 0 Å². The molecule has 1 N–H and O–H groups in total. The molecule has 6 heteroatoms. The summed E-state index contributed by atoms with van der Waals surface area (Å²) in [4.78, 5) is 11.8. The molecule has 2 aromatic heterocycles. The van der Waals surface area contributed by atoms with Gasteiger partial charge in [0.1, 0.15) is 16.5 Å². The number of hydrogen-bond donors (Lipinski definition) is 1. The van der Waals surface area contributed by atoms with Gasteiger partial charge >= 0.3 is 0 Å². The number of fused-ring (bicyclic) bond motifs is 3. The van der Waals surface area contributed by atoms with E-state index in [-0.39, 0.29) is 6.10 Å². The van der Waals surface area contributed by atoms with Gasteiger partial charge in [-0.25, -0.2) is 9.97 Å². The third-order valence-corrected chi connectivity index (χ3v) is 5.24. The van der Waals surface area contributed by atoms with Gasteiger partial charge in [-0.2, -0.15) is 0 Å². The lowest BCUT2D eigenvalue weighted by Crippen LogP contribution is -2.34. The van der Waals surface area contributed by atoms with Crippen molar-refractivity contribution in [2.45, 2.75) is 32.3 Å². The van der Waals surface area contributed by atoms with Crippen molar-refractivity contribution < 1.29 is 9.47 Å². The largest absolute Gasteiger partial charge is 0.376 e. The van der Waals surface area contributed by atoms with Gasteiger partial charge in [-0.3, -0.25) is 0 Å². The van der Waals surface area contributed by atoms with Gasteiger partial charge in [0.25, 0.3) is 0 Å². The summed E-state index contributed by atoms with van der Waals surface area (Å²) < 4.78 is 11.1. The Morgan fingerprint density at radius 1 is 1.29 bits per heavy atom. The predicted octanol–water partition coefficient (Wildman–Crippen LogP) is 2.32. The Bertz CT molecular complexity index is 664. The summed E-state index contributed by atoms with van der Waals surface area (Å²) >= 11 is 1.83. The third kappa shape index (κ3) is 2.52. The molecule has 0 bridgehead atoms. The number of aryl methyl sites for hydroxylation is 3. The van der Waals surface area contributed by atoms with Crippen molar-refractivity contribution in [1.29, 1.82) is 0 Å². The molecule has 1 aliphatic carbocycles. The van der Waals surface area contributed by atoms with Crippen molar-refractivity contribution in [2.24, 2.45) is 0 Å². The molecule has 2 aliphatic rings. The maximum atomic E-state index is 5.69. The molecule has 1 saturated heterocycles. The summed E-state index contributed by atoms with van der Waals surface area (Å²) in [6.45, 7) is 4.72. The van der Waals surface area contributed by atoms with E-state index in [9.17, 15) is 0 Å². The monoisotopic (exact) mass is 305 g/mol. The number of rotatable bonds is 3. The molecule has 0 radical (unpaired) electrons. The van der Waals surface area contributed by atoms with Crippen LogP contribution in [0.4, 0.5) is 5.82 Å². The average Bonchev–Trinajstić information content (AvgIpc) is 3.06. The second-order valence-electron chi connectivity index (χ2n) is 5.61. The molecule has 3 heterocycles. The zero-order chi connectivity index (χ0) is 14.2. The highest BCUT2D eigenvalue weighted by Gasteiger charge is 2.22. The number of hydrogen-bond acceptors (Lipinski definition) is 6. The van der Waals surface area contributed by atoms with E-state index in [1.807, 2.05) is 18.3 Å². The van der Waals surface area contributed by atoms with Crippen molar-refractivity contribution in [3.05, 3.63) is 16.3 Å². The fourth-order valence-electron chi connectivity index (χ4n) is 3.10. The van der Waals surface area contributed by atoms with E-state index in [0.29, 0.717) is 19.8 Å². The maximum absolute atomic E-state index is 5.69. The van der Waals surface area contributed by atoms with Crippen LogP contribution in [0.1, 0.15) is 22.7 Å². The van der Waals surface area contributed by atoms with Crippen LogP contribution in [-0.2, 0) is 22.3 Å². The standard InChI is InChI=1S/C15H19N3O2S/c1-9-17-14(16-7-10-8-19-5-6-20-10)13-11-3-2-4-12(11)21-15(13)18-9/h10H,2-8H2,1H3,(H,16,17,18)/t10-/m0/s1. The summed E-state index contributed by atoms with van der Waals surface area (Å²) in [7, 11) is 0. The molecule has 112 valence electrons. The Balaban J connectivity index is 1.63. The summed E-state index contributed by atoms with van der Waals surface area (Å²) in [6.07, 6.45) is 3.70. The first-order valence-electron chi connectivity index (χ1n) is 7.53. The SMILES string of the molecule is Cc1nc(NC[C@H]2COCCO2)c2c3c(sc2n1)CCC3. The van der Waals surface area contributed by atoms with Crippen LogP contribution in [0.15, 0.2) is 0 Å². The molecule has 2 aromatic rings. The first-order valence-corrected chi connectivity index (χ1v) is 8.35. The van der Waals surface area contributed by atoms with Crippen molar-refractivity contribution in [1.82, 2.24) is 9.97 Å². The molecule has 0 spiro atoms. The Labute approximate surface area is 127 Å². The minimum Gasteiger partial charge on any atom is -0.376 e. The molecule has 0 aromatic carbocycles. The van der Waals surface area contributed by atoms with Gasteiger partial charge in [0.15, 0.2) is 0 Å². The van der Waals surface area contributed by atoms with Gasteiger partial charge in [-0.05, 0) is 31.7 Å². The number of aromatic nitrogens is 2. The Morgan fingerprint density at radius 2 is 2.24 bits per heavy atom. The molecule has 5 nitrogen and oxygen atoms in total. The van der Waals surface area contributed by atoms with Crippen molar-refractivity contribution in [3.63, 3.8) is 0 Å². The fourth-order valence-corrected chi connectivity index (χ4v) is 4.40. The molecular formula is C15H19N3O2S. The maximum Gasteiger partial charge on any atom is 0.138 e. The van der Waals surface area contributed by atoms with Gasteiger partial charge in [0.2, 0.25) is 0 Å². The Morgan fingerprint density at radius 3 is 3.10 bits per heavy atom. The highest BCUT2D eigenvalue weighted by molar-refractivity contribution is 7.19. The number of anilines is 1. The molecule has 4 rings (SSSR count). The molecular weight excluding hydrogens is 286 g/mol. The molecule has 0 saturated carbocycles. The van der Waals surface area contributed by atoms with Crippen LogP contribution >= 0.6 is 11.3 Å². The molecule has 21 heavy (non-hydrogen) atoms. The Kier molecular flexibility index (Phi) is 3.52. The second kappa shape index (κ2) is 5.51. The lowest BCUT2D eigenvalue weighted by atomic mass is 10.2. The van der Waals surface area contributed by atoms with Crippen LogP contribution in [0.5, 0.6) is 0 Å². The van der Waals surface area contributed by atoms with Crippen molar-refractivity contribution >= 4 is 27.4 Å². The first-order chi connectivity index (χ1) is 10.3. The first kappa shape index (κ1) is 13.4. The topological polar surface area (TPSA) is 56.3 Å². The molecule has 0 unspecified atom stereocenters. The lowest BCUT2D eigenvalue weighted by molar-refractivity contribution is -0.0819. The fraction of sp³-hybridized carbons (Fsp3) is 0.600. The lowest BCUT2D eigenvalue weighted by Gasteiger charge is -2.23. The van der Waals surface area contributed by atoms with E-state index in [1.165, 1.54) is 28.7 Å². The minimum atomic E-state index is 0.107. The van der Waals surface area contributed by atoms with Gasteiger partial charge < -0.3 is 14.8 Å². The Hall–Kier alpha value is -1.24. The van der Waals surface area contributed by atoms with E-state index in [4.69, 9.17) is 9.47 Å². The van der Waals surface area contributed by atoms with Crippen LogP contribution in [-0.4, -0.2) is 42.4 Å². The minimum absolute atomic E-state index is 0.107. The van der Waals surface area contributed by atoms with Crippen LogP contribution < -0.4 is 5.32 Å². The third-order valence-electron chi connectivity index (χ3n) is 4.06. The highest BCUT2D eigenvalue weighted by atomic mass is 32.1. The van der Waals surface area contributed by atoms with E-state index in [0.717, 1.165) is 29.4 Å². The zero-order valence-corrected chi connectivity index (χ0v) is 13.0. The van der Waals surface area contributed by atoms with Crippen LogP contribution in [0.3, 0.4) is 0 Å². The molecule has 0 amide bonds. The quantitative estimate of drug-likeness (QED) is 0.943. The number of nitrogens with zero attached hydrogens (tertiary/aromatic N) is 2. The average molecular weight is 305 g/mol. The van der Waals surface area contributed by atoms with Gasteiger partial charge in [-0.1, -0.05) is 0 Å². The summed E-state index contributed by atoms with van der Waals surface area (Å²) in [5, 5.41) is 4.70. The molecule has 1 atom stereocenters. The van der Waals surface area contributed by atoms with Crippen molar-refractivity contribution in [2.75, 3.05) is 31.7 Å². The number of ether oxygens (including phenoxy) is 2. The van der Waals surface area contributed by atoms with Gasteiger partial charge in [0, 0.05) is 11.4 Å². The van der Waals surface area contributed by atoms with Crippen molar-refractivity contribution in [3.8, 4) is 0 Å². The number of nitrogens with one attached hydrogen (secondary N) is 1. The second-order valence-corrected chi connectivity index (χ2v) is 6.69. The van der Waals surface area contributed by atoms with Crippen LogP contribution in [0.25, 0.3) is 10.2 Å². The van der Waals surface area contributed by atoms with Crippen LogP contribution in [0, 0.1) is 6.92 Å². The smallest absolute Gasteiger partial charge is 0.138 e. The van der Waals surface area contributed by atoms with E-state index in [2.05, 4.69) is 15.3 Å². The summed E-state index contributed by atoms with van der Waals surface area (Å²) in [5.41, 5.74) is 1.46. The summed E-state index contributed by atoms with van der Waals surface area (Å²) in [5.74, 6) is 1.79. The summed E-state index contributed by atoms with van der Waals surface area (Å²) in [6, 6.07) is 0. The van der Waals surface area contributed by atoms with Gasteiger partial charge in [-0.15, -0.1) is 11.3 Å². The van der Waals surface area contributed by atoms with E-state index in [1.54, 1.807) is 0 Å². The molecule has 1 aliphatic heterocycles. The number of thiophene rings is 1. The predicted molar refractivity (Wildman–Crippen MR) is 83.2 cm³/mol. The van der Waals surface area contributed by atoms with Crippen LogP contribution in [0.2, 0.25) is 0 Å². The highest BCUT2D eigenvalue weighted by Crippen LogP contribution is 2.39. The normalized spacial score (nSPS) is 21.7. The van der Waals surface area contributed by atoms with Gasteiger partial charge in [0.05, 0.1) is 31.3 Å². The zero-order valence-electron chi connectivity index (χ0n) is 12.1.